The van der Waals surface area contributed by atoms with E-state index in [0.29, 0.717) is 18.2 Å². The Balaban J connectivity index is 2.65. The van der Waals surface area contributed by atoms with Crippen LogP contribution >= 0.6 is 11.6 Å². The molecule has 0 aliphatic rings. The molecule has 1 amide bonds. The molecule has 0 saturated carbocycles. The van der Waals surface area contributed by atoms with E-state index in [0.717, 1.165) is 18.7 Å². The molecule has 0 spiro atoms. The largest absolute Gasteiger partial charge is 0.348 e. The summed E-state index contributed by atoms with van der Waals surface area (Å²) < 4.78 is 0. The average Bonchev–Trinajstić information content (AvgIpc) is 2.29. The lowest BCUT2D eigenvalue weighted by atomic mass is 10.3. The highest BCUT2D eigenvalue weighted by molar-refractivity contribution is 6.29. The zero-order valence-corrected chi connectivity index (χ0v) is 11.9. The van der Waals surface area contributed by atoms with E-state index >= 15 is 0 Å². The van der Waals surface area contributed by atoms with Gasteiger partial charge >= 0.3 is 0 Å². The Bertz CT molecular complexity index is 396. The van der Waals surface area contributed by atoms with Crippen LogP contribution < -0.4 is 0 Å². The van der Waals surface area contributed by atoms with Crippen LogP contribution in [0.2, 0.25) is 5.15 Å². The number of carbonyl (C=O) groups is 1. The standard InChI is InChI=1S/C13H20ClN3O/c1-4-8-17(10-13(18)16(2)3)9-11-6-5-7-12(14)15-11/h5-7H,4,8-10H2,1-3H3. The molecule has 1 aromatic rings. The van der Waals surface area contributed by atoms with Crippen LogP contribution in [-0.2, 0) is 11.3 Å². The first kappa shape index (κ1) is 14.9. The van der Waals surface area contributed by atoms with Crippen molar-refractivity contribution in [3.05, 3.63) is 29.0 Å². The fraction of sp³-hybridized carbons (Fsp3) is 0.538. The summed E-state index contributed by atoms with van der Waals surface area (Å²) in [5.74, 6) is 0.102. The number of likely N-dealkylation sites (N-methyl/N-ethyl adjacent to an activating group) is 1. The van der Waals surface area contributed by atoms with Crippen molar-refractivity contribution in [2.24, 2.45) is 0 Å². The van der Waals surface area contributed by atoms with Crippen molar-refractivity contribution >= 4 is 17.5 Å². The summed E-state index contributed by atoms with van der Waals surface area (Å²) in [6, 6.07) is 5.55. The van der Waals surface area contributed by atoms with E-state index in [1.54, 1.807) is 25.1 Å². The second-order valence-corrected chi connectivity index (χ2v) is 4.84. The summed E-state index contributed by atoms with van der Waals surface area (Å²) in [5, 5.41) is 0.489. The van der Waals surface area contributed by atoms with Crippen molar-refractivity contribution in [2.45, 2.75) is 19.9 Å². The van der Waals surface area contributed by atoms with Gasteiger partial charge in [-0.05, 0) is 25.1 Å². The predicted octanol–water partition coefficient (Wildman–Crippen LogP) is 2.04. The molecular formula is C13H20ClN3O. The molecule has 0 radical (unpaired) electrons. The molecule has 0 atom stereocenters. The molecule has 4 nitrogen and oxygen atoms in total. The van der Waals surface area contributed by atoms with Crippen LogP contribution in [0.1, 0.15) is 19.0 Å². The monoisotopic (exact) mass is 269 g/mol. The van der Waals surface area contributed by atoms with E-state index in [9.17, 15) is 4.79 Å². The van der Waals surface area contributed by atoms with E-state index in [4.69, 9.17) is 11.6 Å². The van der Waals surface area contributed by atoms with Gasteiger partial charge in [0.05, 0.1) is 12.2 Å². The van der Waals surface area contributed by atoms with Gasteiger partial charge in [-0.25, -0.2) is 4.98 Å². The quantitative estimate of drug-likeness (QED) is 0.742. The molecule has 0 fully saturated rings. The van der Waals surface area contributed by atoms with Crippen LogP contribution in [0.3, 0.4) is 0 Å². The fourth-order valence-electron chi connectivity index (χ4n) is 1.63. The third-order valence-corrected chi connectivity index (χ3v) is 2.77. The van der Waals surface area contributed by atoms with Crippen LogP contribution in [0.4, 0.5) is 0 Å². The first-order valence-corrected chi connectivity index (χ1v) is 6.44. The van der Waals surface area contributed by atoms with E-state index < -0.39 is 0 Å². The first-order valence-electron chi connectivity index (χ1n) is 6.07. The van der Waals surface area contributed by atoms with Gasteiger partial charge in [0, 0.05) is 20.6 Å². The van der Waals surface area contributed by atoms with Crippen LogP contribution in [0.15, 0.2) is 18.2 Å². The molecular weight excluding hydrogens is 250 g/mol. The molecule has 18 heavy (non-hydrogen) atoms. The minimum absolute atomic E-state index is 0.102. The van der Waals surface area contributed by atoms with Gasteiger partial charge in [0.1, 0.15) is 5.15 Å². The summed E-state index contributed by atoms with van der Waals surface area (Å²) in [6.45, 7) is 4.02. The average molecular weight is 270 g/mol. The number of hydrogen-bond acceptors (Lipinski definition) is 3. The van der Waals surface area contributed by atoms with E-state index in [2.05, 4.69) is 16.8 Å². The van der Waals surface area contributed by atoms with Crippen LogP contribution in [0.5, 0.6) is 0 Å². The fourth-order valence-corrected chi connectivity index (χ4v) is 1.81. The lowest BCUT2D eigenvalue weighted by Crippen LogP contribution is -2.36. The molecule has 0 saturated heterocycles. The Morgan fingerprint density at radius 3 is 2.67 bits per heavy atom. The number of halogens is 1. The van der Waals surface area contributed by atoms with E-state index in [-0.39, 0.29) is 5.91 Å². The summed E-state index contributed by atoms with van der Waals surface area (Å²) in [6.07, 6.45) is 1.00. The Hall–Kier alpha value is -1.13. The highest BCUT2D eigenvalue weighted by atomic mass is 35.5. The normalized spacial score (nSPS) is 10.7. The second-order valence-electron chi connectivity index (χ2n) is 4.45. The topological polar surface area (TPSA) is 36.4 Å². The number of rotatable bonds is 6. The van der Waals surface area contributed by atoms with Gasteiger partial charge in [0.2, 0.25) is 5.91 Å². The van der Waals surface area contributed by atoms with Crippen molar-refractivity contribution < 1.29 is 4.79 Å². The van der Waals surface area contributed by atoms with Gasteiger partial charge in [0.15, 0.2) is 0 Å². The SMILES string of the molecule is CCCN(CC(=O)N(C)C)Cc1cccc(Cl)n1. The summed E-state index contributed by atoms with van der Waals surface area (Å²) in [4.78, 5) is 19.7. The molecule has 0 aromatic carbocycles. The molecule has 1 heterocycles. The van der Waals surface area contributed by atoms with E-state index in [1.807, 2.05) is 12.1 Å². The third-order valence-electron chi connectivity index (χ3n) is 2.56. The maximum Gasteiger partial charge on any atom is 0.236 e. The van der Waals surface area contributed by atoms with Crippen LogP contribution in [0.25, 0.3) is 0 Å². The van der Waals surface area contributed by atoms with Gasteiger partial charge < -0.3 is 4.90 Å². The van der Waals surface area contributed by atoms with E-state index in [1.165, 1.54) is 0 Å². The maximum absolute atomic E-state index is 11.7. The van der Waals surface area contributed by atoms with Crippen molar-refractivity contribution in [3.63, 3.8) is 0 Å². The van der Waals surface area contributed by atoms with Gasteiger partial charge in [-0.2, -0.15) is 0 Å². The zero-order chi connectivity index (χ0) is 13.5. The Kier molecular flexibility index (Phi) is 6.09. The number of carbonyl (C=O) groups excluding carboxylic acids is 1. The minimum Gasteiger partial charge on any atom is -0.348 e. The lowest BCUT2D eigenvalue weighted by molar-refractivity contribution is -0.130. The molecule has 0 N–H and O–H groups in total. The molecule has 5 heteroatoms. The Morgan fingerprint density at radius 1 is 1.39 bits per heavy atom. The van der Waals surface area contributed by atoms with Gasteiger partial charge in [-0.15, -0.1) is 0 Å². The minimum atomic E-state index is 0.102. The third kappa shape index (κ3) is 5.02. The molecule has 0 bridgehead atoms. The first-order chi connectivity index (χ1) is 8.52. The molecule has 100 valence electrons. The predicted molar refractivity (Wildman–Crippen MR) is 73.5 cm³/mol. The van der Waals surface area contributed by atoms with Crippen molar-refractivity contribution in [1.29, 1.82) is 0 Å². The highest BCUT2D eigenvalue weighted by Crippen LogP contribution is 2.08. The molecule has 1 aromatic heterocycles. The number of hydrogen-bond donors (Lipinski definition) is 0. The van der Waals surface area contributed by atoms with Gasteiger partial charge in [0.25, 0.3) is 0 Å². The zero-order valence-electron chi connectivity index (χ0n) is 11.2. The number of pyridine rings is 1. The highest BCUT2D eigenvalue weighted by Gasteiger charge is 2.12. The smallest absolute Gasteiger partial charge is 0.236 e. The number of aromatic nitrogens is 1. The van der Waals surface area contributed by atoms with Crippen LogP contribution in [-0.4, -0.2) is 47.9 Å². The molecule has 0 aliphatic heterocycles. The number of amides is 1. The molecule has 1 rings (SSSR count). The summed E-state index contributed by atoms with van der Waals surface area (Å²) in [5.41, 5.74) is 0.891. The summed E-state index contributed by atoms with van der Waals surface area (Å²) >= 11 is 5.86. The Morgan fingerprint density at radius 2 is 2.11 bits per heavy atom. The number of nitrogens with zero attached hydrogens (tertiary/aromatic N) is 3. The Labute approximate surface area is 114 Å². The van der Waals surface area contributed by atoms with Crippen molar-refractivity contribution in [3.8, 4) is 0 Å². The maximum atomic E-state index is 11.7. The van der Waals surface area contributed by atoms with Crippen molar-refractivity contribution in [1.82, 2.24) is 14.8 Å². The summed E-state index contributed by atoms with van der Waals surface area (Å²) in [7, 11) is 3.54. The van der Waals surface area contributed by atoms with Gasteiger partial charge in [-0.3, -0.25) is 9.69 Å². The molecule has 0 unspecified atom stereocenters. The molecule has 0 aliphatic carbocycles. The van der Waals surface area contributed by atoms with Gasteiger partial charge in [-0.1, -0.05) is 24.6 Å². The second kappa shape index (κ2) is 7.34. The van der Waals surface area contributed by atoms with Crippen molar-refractivity contribution in [2.75, 3.05) is 27.2 Å². The lowest BCUT2D eigenvalue weighted by Gasteiger charge is -2.22. The van der Waals surface area contributed by atoms with Crippen LogP contribution in [0, 0.1) is 0 Å².